The second kappa shape index (κ2) is 7.51. The van der Waals surface area contributed by atoms with Gasteiger partial charge >= 0.3 is 0 Å². The quantitative estimate of drug-likeness (QED) is 0.839. The average molecular weight is 363 g/mol. The monoisotopic (exact) mass is 363 g/mol. The molecule has 4 heterocycles. The minimum atomic E-state index is -0.0896. The van der Waals surface area contributed by atoms with E-state index in [0.717, 1.165) is 29.7 Å². The van der Waals surface area contributed by atoms with E-state index in [0.29, 0.717) is 26.1 Å². The van der Waals surface area contributed by atoms with E-state index in [-0.39, 0.29) is 23.8 Å². The van der Waals surface area contributed by atoms with E-state index in [1.54, 1.807) is 6.20 Å². The van der Waals surface area contributed by atoms with Gasteiger partial charge in [0, 0.05) is 25.3 Å². The van der Waals surface area contributed by atoms with Gasteiger partial charge in [-0.25, -0.2) is 0 Å². The van der Waals surface area contributed by atoms with Crippen molar-refractivity contribution in [3.63, 3.8) is 0 Å². The summed E-state index contributed by atoms with van der Waals surface area (Å²) >= 11 is 0. The highest BCUT2D eigenvalue weighted by Gasteiger charge is 2.41. The second-order valence-electron chi connectivity index (χ2n) is 7.62. The number of carbonyl (C=O) groups is 2. The van der Waals surface area contributed by atoms with Gasteiger partial charge in [-0.1, -0.05) is 30.3 Å². The molecule has 0 spiro atoms. The lowest BCUT2D eigenvalue weighted by molar-refractivity contribution is -0.140. The number of amides is 2. The molecule has 0 unspecified atom stereocenters. The van der Waals surface area contributed by atoms with Gasteiger partial charge in [0.15, 0.2) is 0 Å². The Balaban J connectivity index is 1.49. The molecule has 0 radical (unpaired) electrons. The fraction of sp³-hybridized carbons (Fsp3) is 0.409. The molecule has 3 aliphatic rings. The standard InChI is InChI=1S/C22H25N3O2/c1-16-6-2-3-7-17(16)12-21(26)24-13-18-9-10-20(15-24)25(22(18)27)14-19-8-4-5-11-23-19/h2-8,11,18,20H,9-10,12-15H2,1H3/t18-,20+/m1/s1. The van der Waals surface area contributed by atoms with Crippen molar-refractivity contribution < 1.29 is 9.59 Å². The Morgan fingerprint density at radius 2 is 1.93 bits per heavy atom. The fourth-order valence-corrected chi connectivity index (χ4v) is 4.20. The van der Waals surface area contributed by atoms with Gasteiger partial charge in [-0.15, -0.1) is 0 Å². The molecule has 2 atom stereocenters. The van der Waals surface area contributed by atoms with Crippen LogP contribution in [0, 0.1) is 12.8 Å². The van der Waals surface area contributed by atoms with Gasteiger partial charge in [0.2, 0.25) is 11.8 Å². The maximum atomic E-state index is 13.0. The van der Waals surface area contributed by atoms with Crippen LogP contribution in [0.1, 0.15) is 29.7 Å². The molecule has 3 saturated heterocycles. The number of carbonyl (C=O) groups excluding carboxylic acids is 2. The summed E-state index contributed by atoms with van der Waals surface area (Å²) in [4.78, 5) is 34.1. The van der Waals surface area contributed by atoms with Crippen molar-refractivity contribution in [1.82, 2.24) is 14.8 Å². The molecule has 2 aromatic rings. The summed E-state index contributed by atoms with van der Waals surface area (Å²) in [6.45, 7) is 3.73. The Hall–Kier alpha value is -2.69. The lowest BCUT2D eigenvalue weighted by Crippen LogP contribution is -2.47. The average Bonchev–Trinajstić information content (AvgIpc) is 2.97. The molecule has 2 amide bonds. The van der Waals surface area contributed by atoms with Crippen LogP contribution in [0.25, 0.3) is 0 Å². The van der Waals surface area contributed by atoms with Crippen LogP contribution in [0.4, 0.5) is 0 Å². The predicted octanol–water partition coefficient (Wildman–Crippen LogP) is 2.58. The second-order valence-corrected chi connectivity index (χ2v) is 7.62. The van der Waals surface area contributed by atoms with Crippen LogP contribution >= 0.6 is 0 Å². The number of hydrogen-bond acceptors (Lipinski definition) is 3. The van der Waals surface area contributed by atoms with Crippen molar-refractivity contribution in [1.29, 1.82) is 0 Å². The third kappa shape index (κ3) is 3.72. The van der Waals surface area contributed by atoms with E-state index >= 15 is 0 Å². The molecular weight excluding hydrogens is 338 g/mol. The predicted molar refractivity (Wildman–Crippen MR) is 103 cm³/mol. The van der Waals surface area contributed by atoms with Gasteiger partial charge in [-0.05, 0) is 43.0 Å². The van der Waals surface area contributed by atoms with E-state index in [2.05, 4.69) is 4.98 Å². The van der Waals surface area contributed by atoms with E-state index in [1.807, 2.05) is 59.2 Å². The zero-order valence-electron chi connectivity index (χ0n) is 15.7. The Morgan fingerprint density at radius 1 is 1.11 bits per heavy atom. The minimum absolute atomic E-state index is 0.0825. The normalized spacial score (nSPS) is 22.0. The number of piperidine rings is 1. The molecule has 5 rings (SSSR count). The molecule has 27 heavy (non-hydrogen) atoms. The topological polar surface area (TPSA) is 53.5 Å². The van der Waals surface area contributed by atoms with Crippen molar-refractivity contribution >= 4 is 11.8 Å². The van der Waals surface area contributed by atoms with Gasteiger partial charge in [0.1, 0.15) is 0 Å². The molecule has 0 N–H and O–H groups in total. The van der Waals surface area contributed by atoms with E-state index in [4.69, 9.17) is 0 Å². The number of pyridine rings is 1. The zero-order chi connectivity index (χ0) is 18.8. The SMILES string of the molecule is Cc1ccccc1CC(=O)N1C[C@H]2CC[C@@H](C1)N(Cc1ccccn1)C2=O. The highest BCUT2D eigenvalue weighted by molar-refractivity contribution is 5.84. The number of aromatic nitrogens is 1. The Morgan fingerprint density at radius 3 is 2.70 bits per heavy atom. The van der Waals surface area contributed by atoms with Crippen molar-refractivity contribution in [2.24, 2.45) is 5.92 Å². The third-order valence-electron chi connectivity index (χ3n) is 5.81. The maximum Gasteiger partial charge on any atom is 0.228 e. The molecule has 5 heteroatoms. The third-order valence-corrected chi connectivity index (χ3v) is 5.81. The van der Waals surface area contributed by atoms with Crippen LogP contribution < -0.4 is 0 Å². The summed E-state index contributed by atoms with van der Waals surface area (Å²) in [6.07, 6.45) is 3.99. The number of nitrogens with zero attached hydrogens (tertiary/aromatic N) is 3. The molecule has 5 nitrogen and oxygen atoms in total. The molecule has 0 aliphatic carbocycles. The largest absolute Gasteiger partial charge is 0.340 e. The molecule has 3 fully saturated rings. The van der Waals surface area contributed by atoms with Crippen LogP contribution in [0.5, 0.6) is 0 Å². The summed E-state index contributed by atoms with van der Waals surface area (Å²) in [5.41, 5.74) is 3.10. The van der Waals surface area contributed by atoms with Gasteiger partial charge in [0.05, 0.1) is 24.6 Å². The first-order valence-electron chi connectivity index (χ1n) is 9.64. The first-order chi connectivity index (χ1) is 13.1. The first-order valence-corrected chi connectivity index (χ1v) is 9.64. The number of aryl methyl sites for hydroxylation is 1. The van der Waals surface area contributed by atoms with Gasteiger partial charge in [-0.2, -0.15) is 0 Å². The molecule has 1 aromatic carbocycles. The van der Waals surface area contributed by atoms with Crippen LogP contribution in [0.2, 0.25) is 0 Å². The molecular formula is C22H25N3O2. The van der Waals surface area contributed by atoms with Crippen molar-refractivity contribution in [2.75, 3.05) is 13.1 Å². The van der Waals surface area contributed by atoms with Gasteiger partial charge in [0.25, 0.3) is 0 Å². The number of hydrogen-bond donors (Lipinski definition) is 0. The van der Waals surface area contributed by atoms with E-state index in [1.165, 1.54) is 0 Å². The molecule has 3 aliphatic heterocycles. The number of rotatable bonds is 4. The lowest BCUT2D eigenvalue weighted by Gasteiger charge is -2.35. The summed E-state index contributed by atoms with van der Waals surface area (Å²) in [7, 11) is 0. The molecule has 2 bridgehead atoms. The number of benzene rings is 1. The van der Waals surface area contributed by atoms with Crippen LogP contribution in [0.3, 0.4) is 0 Å². The van der Waals surface area contributed by atoms with Crippen molar-refractivity contribution in [3.05, 3.63) is 65.5 Å². The summed E-state index contributed by atoms with van der Waals surface area (Å²) < 4.78 is 0. The van der Waals surface area contributed by atoms with Crippen molar-refractivity contribution in [3.8, 4) is 0 Å². The molecule has 1 aromatic heterocycles. The molecule has 140 valence electrons. The van der Waals surface area contributed by atoms with Gasteiger partial charge < -0.3 is 9.80 Å². The van der Waals surface area contributed by atoms with E-state index < -0.39 is 0 Å². The highest BCUT2D eigenvalue weighted by Crippen LogP contribution is 2.30. The van der Waals surface area contributed by atoms with Crippen LogP contribution in [-0.2, 0) is 22.6 Å². The first kappa shape index (κ1) is 17.7. The number of fused-ring (bicyclic) bond motifs is 4. The van der Waals surface area contributed by atoms with Crippen LogP contribution in [0.15, 0.2) is 48.7 Å². The van der Waals surface area contributed by atoms with E-state index in [9.17, 15) is 9.59 Å². The molecule has 0 saturated carbocycles. The van der Waals surface area contributed by atoms with Crippen LogP contribution in [-0.4, -0.2) is 45.7 Å². The lowest BCUT2D eigenvalue weighted by atomic mass is 9.94. The smallest absolute Gasteiger partial charge is 0.228 e. The summed E-state index contributed by atoms with van der Waals surface area (Å²) in [5, 5.41) is 0. The Labute approximate surface area is 160 Å². The van der Waals surface area contributed by atoms with Crippen molar-refractivity contribution in [2.45, 2.75) is 38.8 Å². The Bertz CT molecular complexity index is 836. The maximum absolute atomic E-state index is 13.0. The fourth-order valence-electron chi connectivity index (χ4n) is 4.20. The van der Waals surface area contributed by atoms with Gasteiger partial charge in [-0.3, -0.25) is 14.6 Å². The Kier molecular flexibility index (Phi) is 4.92. The highest BCUT2D eigenvalue weighted by atomic mass is 16.2. The zero-order valence-corrected chi connectivity index (χ0v) is 15.7. The summed E-state index contributed by atoms with van der Waals surface area (Å²) in [6, 6.07) is 13.9. The minimum Gasteiger partial charge on any atom is -0.340 e. The summed E-state index contributed by atoms with van der Waals surface area (Å²) in [5.74, 6) is 0.199.